The molecule has 0 aliphatic rings. The summed E-state index contributed by atoms with van der Waals surface area (Å²) in [7, 11) is -0.130. The van der Waals surface area contributed by atoms with Crippen molar-refractivity contribution in [1.82, 2.24) is 0 Å². The Morgan fingerprint density at radius 3 is 2.60 bits per heavy atom. The molecule has 10 heavy (non-hydrogen) atoms. The molecule has 0 fully saturated rings. The third-order valence-electron chi connectivity index (χ3n) is 1.03. The van der Waals surface area contributed by atoms with Crippen LogP contribution in [-0.4, -0.2) is 20.5 Å². The van der Waals surface area contributed by atoms with Gasteiger partial charge in [0, 0.05) is 6.42 Å². The van der Waals surface area contributed by atoms with Crippen LogP contribution in [0.1, 0.15) is 12.8 Å². The Morgan fingerprint density at radius 1 is 1.60 bits per heavy atom. The van der Waals surface area contributed by atoms with Crippen molar-refractivity contribution < 1.29 is 9.53 Å². The fraction of sp³-hybridized carbons (Fsp3) is 0.800. The summed E-state index contributed by atoms with van der Waals surface area (Å²) in [4.78, 5) is 10.5. The van der Waals surface area contributed by atoms with Crippen LogP contribution in [-0.2, 0) is 9.53 Å². The second-order valence-electron chi connectivity index (χ2n) is 1.86. The zero-order valence-electron chi connectivity index (χ0n) is 5.77. The molecule has 0 aliphatic carbocycles. The topological polar surface area (TPSA) is 26.3 Å². The highest BCUT2D eigenvalue weighted by Gasteiger charge is 2.04. The summed E-state index contributed by atoms with van der Waals surface area (Å²) in [5, 5.41) is 0. The summed E-state index contributed by atoms with van der Waals surface area (Å²) in [5.74, 6) is -0.192. The van der Waals surface area contributed by atoms with Gasteiger partial charge in [-0.1, -0.05) is 0 Å². The molecule has 0 aromatic carbocycles. The maximum atomic E-state index is 10.5. The van der Waals surface area contributed by atoms with Gasteiger partial charge in [-0.2, -0.15) is 22.2 Å². The number of methoxy groups -OCH3 is 1. The van der Waals surface area contributed by atoms with Gasteiger partial charge in [0.25, 0.3) is 0 Å². The molecule has 0 radical (unpaired) electrons. The molecule has 0 aromatic rings. The van der Waals surface area contributed by atoms with Crippen molar-refractivity contribution in [3.63, 3.8) is 0 Å². The number of halogens is 2. The standard InChI is InChI=1S/C5H10Cl2O2Si/c1-9-5(8)3-2-4-10(6)7/h10H,2-4H2,1H3. The van der Waals surface area contributed by atoms with Crippen LogP contribution < -0.4 is 0 Å². The Kier molecular flexibility index (Phi) is 6.17. The van der Waals surface area contributed by atoms with Gasteiger partial charge in [-0.3, -0.25) is 4.79 Å². The van der Waals surface area contributed by atoms with E-state index in [0.717, 1.165) is 12.5 Å². The van der Waals surface area contributed by atoms with E-state index in [1.165, 1.54) is 7.11 Å². The number of hydrogen-bond donors (Lipinski definition) is 0. The molecule has 0 rings (SSSR count). The Labute approximate surface area is 71.5 Å². The Hall–Kier alpha value is 0.267. The van der Waals surface area contributed by atoms with E-state index in [9.17, 15) is 4.79 Å². The summed E-state index contributed by atoms with van der Waals surface area (Å²) in [6.45, 7) is 0. The molecule has 0 saturated heterocycles. The first kappa shape index (κ1) is 10.3. The lowest BCUT2D eigenvalue weighted by molar-refractivity contribution is -0.140. The first-order chi connectivity index (χ1) is 4.66. The Morgan fingerprint density at radius 2 is 2.20 bits per heavy atom. The van der Waals surface area contributed by atoms with E-state index in [1.54, 1.807) is 0 Å². The van der Waals surface area contributed by atoms with Crippen molar-refractivity contribution in [2.75, 3.05) is 7.11 Å². The summed E-state index contributed by atoms with van der Waals surface area (Å²) >= 11 is 11.1. The minimum absolute atomic E-state index is 0.192. The monoisotopic (exact) mass is 200 g/mol. The Bertz CT molecular complexity index is 108. The van der Waals surface area contributed by atoms with Crippen molar-refractivity contribution in [2.24, 2.45) is 0 Å². The first-order valence-corrected chi connectivity index (χ1v) is 7.32. The van der Waals surface area contributed by atoms with Crippen molar-refractivity contribution in [2.45, 2.75) is 18.9 Å². The molecule has 0 amide bonds. The molecular weight excluding hydrogens is 191 g/mol. The van der Waals surface area contributed by atoms with Crippen LogP contribution in [0.15, 0.2) is 0 Å². The SMILES string of the molecule is COC(=O)CCC[SiH](Cl)Cl. The van der Waals surface area contributed by atoms with Gasteiger partial charge in [-0.05, 0) is 12.5 Å². The predicted molar refractivity (Wildman–Crippen MR) is 44.9 cm³/mol. The second-order valence-corrected chi connectivity index (χ2v) is 7.05. The number of esters is 1. The molecule has 60 valence electrons. The molecule has 0 atom stereocenters. The summed E-state index contributed by atoms with van der Waals surface area (Å²) in [5.41, 5.74) is 0. The number of ether oxygens (including phenoxy) is 1. The smallest absolute Gasteiger partial charge is 0.305 e. The van der Waals surface area contributed by atoms with Crippen LogP contribution >= 0.6 is 22.2 Å². The molecule has 0 saturated carbocycles. The molecular formula is C5H10Cl2O2Si. The van der Waals surface area contributed by atoms with Crippen LogP contribution in [0, 0.1) is 0 Å². The first-order valence-electron chi connectivity index (χ1n) is 3.01. The van der Waals surface area contributed by atoms with E-state index in [4.69, 9.17) is 22.2 Å². The van der Waals surface area contributed by atoms with Crippen LogP contribution in [0.2, 0.25) is 6.04 Å². The van der Waals surface area contributed by atoms with E-state index in [0.29, 0.717) is 6.42 Å². The van der Waals surface area contributed by atoms with E-state index in [2.05, 4.69) is 4.74 Å². The average molecular weight is 201 g/mol. The highest BCUT2D eigenvalue weighted by molar-refractivity contribution is 7.33. The third kappa shape index (κ3) is 6.39. The lowest BCUT2D eigenvalue weighted by Crippen LogP contribution is -2.01. The van der Waals surface area contributed by atoms with Crippen molar-refractivity contribution in [1.29, 1.82) is 0 Å². The fourth-order valence-corrected chi connectivity index (χ4v) is 1.94. The number of rotatable bonds is 4. The lowest BCUT2D eigenvalue weighted by atomic mass is 10.3. The number of carbonyl (C=O) groups excluding carboxylic acids is 1. The molecule has 0 unspecified atom stereocenters. The van der Waals surface area contributed by atoms with Gasteiger partial charge in [0.05, 0.1) is 7.11 Å². The summed E-state index contributed by atoms with van der Waals surface area (Å²) in [6, 6.07) is 0.776. The minimum Gasteiger partial charge on any atom is -0.469 e. The molecule has 0 heterocycles. The molecule has 0 aliphatic heterocycles. The van der Waals surface area contributed by atoms with Crippen LogP contribution in [0.4, 0.5) is 0 Å². The van der Waals surface area contributed by atoms with Crippen molar-refractivity contribution in [3.8, 4) is 0 Å². The van der Waals surface area contributed by atoms with Gasteiger partial charge in [0.15, 0.2) is 0 Å². The van der Waals surface area contributed by atoms with Gasteiger partial charge in [-0.15, -0.1) is 0 Å². The molecule has 0 N–H and O–H groups in total. The molecule has 5 heteroatoms. The van der Waals surface area contributed by atoms with Crippen molar-refractivity contribution in [3.05, 3.63) is 0 Å². The third-order valence-corrected chi connectivity index (χ3v) is 3.18. The molecule has 0 aromatic heterocycles. The maximum Gasteiger partial charge on any atom is 0.305 e. The van der Waals surface area contributed by atoms with E-state index >= 15 is 0 Å². The maximum absolute atomic E-state index is 10.5. The van der Waals surface area contributed by atoms with Gasteiger partial charge >= 0.3 is 5.97 Å². The summed E-state index contributed by atoms with van der Waals surface area (Å²) < 4.78 is 4.42. The highest BCUT2D eigenvalue weighted by Crippen LogP contribution is 2.08. The van der Waals surface area contributed by atoms with Gasteiger partial charge in [-0.25, -0.2) is 0 Å². The Balaban J connectivity index is 3.12. The average Bonchev–Trinajstić information content (AvgIpc) is 1.87. The fourth-order valence-electron chi connectivity index (χ4n) is 0.503. The number of hydrogen-bond acceptors (Lipinski definition) is 2. The van der Waals surface area contributed by atoms with Gasteiger partial charge in [0.1, 0.15) is 0 Å². The highest BCUT2D eigenvalue weighted by atomic mass is 35.7. The zero-order valence-corrected chi connectivity index (χ0v) is 8.44. The minimum atomic E-state index is -1.50. The zero-order chi connectivity index (χ0) is 7.98. The lowest BCUT2D eigenvalue weighted by Gasteiger charge is -1.97. The second kappa shape index (κ2) is 6.01. The van der Waals surface area contributed by atoms with Crippen LogP contribution in [0.3, 0.4) is 0 Å². The normalized spacial score (nSPS) is 10.0. The van der Waals surface area contributed by atoms with E-state index < -0.39 is 7.42 Å². The largest absolute Gasteiger partial charge is 0.469 e. The molecule has 2 nitrogen and oxygen atoms in total. The van der Waals surface area contributed by atoms with E-state index in [-0.39, 0.29) is 5.97 Å². The van der Waals surface area contributed by atoms with Crippen LogP contribution in [0.5, 0.6) is 0 Å². The van der Waals surface area contributed by atoms with Gasteiger partial charge in [0.2, 0.25) is 7.42 Å². The summed E-state index contributed by atoms with van der Waals surface area (Å²) in [6.07, 6.45) is 1.18. The molecule has 0 bridgehead atoms. The molecule has 0 spiro atoms. The van der Waals surface area contributed by atoms with Crippen LogP contribution in [0.25, 0.3) is 0 Å². The quantitative estimate of drug-likeness (QED) is 0.392. The van der Waals surface area contributed by atoms with E-state index in [1.807, 2.05) is 0 Å². The predicted octanol–water partition coefficient (Wildman–Crippen LogP) is 1.64. The number of carbonyl (C=O) groups is 1. The van der Waals surface area contributed by atoms with Crippen molar-refractivity contribution >= 4 is 35.5 Å². The van der Waals surface area contributed by atoms with Gasteiger partial charge < -0.3 is 4.74 Å².